The van der Waals surface area contributed by atoms with Gasteiger partial charge in [-0.3, -0.25) is 4.79 Å². The molecule has 2 fully saturated rings. The summed E-state index contributed by atoms with van der Waals surface area (Å²) in [6.07, 6.45) is 6.93. The molecule has 0 heterocycles. The smallest absolute Gasteiger partial charge is 0.133 e. The van der Waals surface area contributed by atoms with Gasteiger partial charge in [0.25, 0.3) is 0 Å². The third-order valence-electron chi connectivity index (χ3n) is 5.16. The first-order chi connectivity index (χ1) is 7.01. The van der Waals surface area contributed by atoms with Crippen molar-refractivity contribution in [1.82, 2.24) is 0 Å². The highest BCUT2D eigenvalue weighted by Crippen LogP contribution is 2.50. The number of hydrogen-bond donors (Lipinski definition) is 0. The molecule has 0 saturated heterocycles. The molecule has 1 heteroatoms. The Morgan fingerprint density at radius 2 is 1.93 bits per heavy atom. The average Bonchev–Trinajstić information content (AvgIpc) is 2.52. The summed E-state index contributed by atoms with van der Waals surface area (Å²) in [7, 11) is 0. The Morgan fingerprint density at radius 3 is 2.47 bits per heavy atom. The summed E-state index contributed by atoms with van der Waals surface area (Å²) in [5.41, 5.74) is 0.353. The van der Waals surface area contributed by atoms with Crippen LogP contribution < -0.4 is 0 Å². The van der Waals surface area contributed by atoms with E-state index in [1.165, 1.54) is 19.3 Å². The molecular weight excluding hydrogens is 184 g/mol. The lowest BCUT2D eigenvalue weighted by atomic mass is 9.64. The zero-order valence-electron chi connectivity index (χ0n) is 10.4. The van der Waals surface area contributed by atoms with Gasteiger partial charge < -0.3 is 0 Å². The molecule has 0 N–H and O–H groups in total. The second-order valence-corrected chi connectivity index (χ2v) is 6.33. The molecule has 0 spiro atoms. The molecule has 1 nitrogen and oxygen atoms in total. The van der Waals surface area contributed by atoms with E-state index in [4.69, 9.17) is 0 Å². The Balaban J connectivity index is 2.02. The summed E-state index contributed by atoms with van der Waals surface area (Å²) < 4.78 is 0. The Hall–Kier alpha value is -0.330. The lowest BCUT2D eigenvalue weighted by Crippen LogP contribution is -2.32. The van der Waals surface area contributed by atoms with E-state index >= 15 is 0 Å². The number of carbonyl (C=O) groups excluding carboxylic acids is 1. The number of rotatable bonds is 1. The molecule has 4 atom stereocenters. The van der Waals surface area contributed by atoms with Crippen LogP contribution in [-0.2, 0) is 4.79 Å². The van der Waals surface area contributed by atoms with Crippen molar-refractivity contribution in [1.29, 1.82) is 0 Å². The summed E-state index contributed by atoms with van der Waals surface area (Å²) in [4.78, 5) is 11.4. The van der Waals surface area contributed by atoms with E-state index < -0.39 is 0 Å². The fourth-order valence-electron chi connectivity index (χ4n) is 3.58. The van der Waals surface area contributed by atoms with Crippen molar-refractivity contribution >= 4 is 5.78 Å². The minimum absolute atomic E-state index is 0.353. The topological polar surface area (TPSA) is 17.1 Å². The minimum Gasteiger partial charge on any atom is -0.300 e. The van der Waals surface area contributed by atoms with E-state index in [1.807, 2.05) is 0 Å². The van der Waals surface area contributed by atoms with E-state index in [9.17, 15) is 4.79 Å². The highest BCUT2D eigenvalue weighted by molar-refractivity contribution is 5.81. The van der Waals surface area contributed by atoms with Gasteiger partial charge in [-0.2, -0.15) is 0 Å². The van der Waals surface area contributed by atoms with Crippen molar-refractivity contribution in [3.8, 4) is 0 Å². The maximum absolute atomic E-state index is 11.4. The maximum Gasteiger partial charge on any atom is 0.133 e. The van der Waals surface area contributed by atoms with E-state index in [0.717, 1.165) is 37.0 Å². The second kappa shape index (κ2) is 3.92. The number of Topliss-reactive ketones (excluding diaryl/α,β-unsaturated/α-hetero) is 1. The first-order valence-corrected chi connectivity index (χ1v) is 6.53. The monoisotopic (exact) mass is 208 g/mol. The van der Waals surface area contributed by atoms with Crippen molar-refractivity contribution in [2.45, 2.75) is 59.3 Å². The van der Waals surface area contributed by atoms with Crippen LogP contribution in [0.15, 0.2) is 0 Å². The zero-order chi connectivity index (χ0) is 11.1. The van der Waals surface area contributed by atoms with Crippen molar-refractivity contribution in [2.24, 2.45) is 23.2 Å². The second-order valence-electron chi connectivity index (χ2n) is 6.33. The molecular formula is C14H24O. The predicted octanol–water partition coefficient (Wildman–Crippen LogP) is 3.82. The lowest BCUT2D eigenvalue weighted by molar-refractivity contribution is -0.118. The van der Waals surface area contributed by atoms with Crippen LogP contribution in [0.4, 0.5) is 0 Å². The van der Waals surface area contributed by atoms with Crippen LogP contribution in [0.1, 0.15) is 59.3 Å². The van der Waals surface area contributed by atoms with E-state index in [0.29, 0.717) is 11.2 Å². The molecule has 0 amide bonds. The third-order valence-corrected chi connectivity index (χ3v) is 5.16. The molecule has 0 aromatic carbocycles. The average molecular weight is 208 g/mol. The maximum atomic E-state index is 11.4. The SMILES string of the molecule is CC1CCC(C2(C)CCC(=O)C2)CC1C. The summed E-state index contributed by atoms with van der Waals surface area (Å²) >= 11 is 0. The zero-order valence-corrected chi connectivity index (χ0v) is 10.4. The van der Waals surface area contributed by atoms with E-state index in [1.54, 1.807) is 0 Å². The van der Waals surface area contributed by atoms with Gasteiger partial charge in [0.2, 0.25) is 0 Å². The predicted molar refractivity (Wildman–Crippen MR) is 62.6 cm³/mol. The molecule has 0 aliphatic heterocycles. The van der Waals surface area contributed by atoms with Gasteiger partial charge in [0.05, 0.1) is 0 Å². The van der Waals surface area contributed by atoms with Gasteiger partial charge in [0.1, 0.15) is 5.78 Å². The largest absolute Gasteiger partial charge is 0.300 e. The Kier molecular flexibility index (Phi) is 2.92. The number of hydrogen-bond acceptors (Lipinski definition) is 1. The van der Waals surface area contributed by atoms with Crippen molar-refractivity contribution < 1.29 is 4.79 Å². The lowest BCUT2D eigenvalue weighted by Gasteiger charge is -2.41. The van der Waals surface area contributed by atoms with Crippen LogP contribution >= 0.6 is 0 Å². The van der Waals surface area contributed by atoms with Crippen LogP contribution in [0.3, 0.4) is 0 Å². The van der Waals surface area contributed by atoms with Gasteiger partial charge in [-0.25, -0.2) is 0 Å². The van der Waals surface area contributed by atoms with Crippen LogP contribution in [0, 0.1) is 23.2 Å². The highest BCUT2D eigenvalue weighted by Gasteiger charge is 2.42. The van der Waals surface area contributed by atoms with Gasteiger partial charge in [0, 0.05) is 12.8 Å². The number of ketones is 1. The number of carbonyl (C=O) groups is 1. The first kappa shape index (κ1) is 11.2. The Bertz CT molecular complexity index is 258. The molecule has 86 valence electrons. The molecule has 0 aromatic heterocycles. The molecule has 2 saturated carbocycles. The molecule has 15 heavy (non-hydrogen) atoms. The summed E-state index contributed by atoms with van der Waals surface area (Å²) in [5.74, 6) is 3.07. The summed E-state index contributed by atoms with van der Waals surface area (Å²) in [6, 6.07) is 0. The van der Waals surface area contributed by atoms with E-state index in [-0.39, 0.29) is 0 Å². The van der Waals surface area contributed by atoms with E-state index in [2.05, 4.69) is 20.8 Å². The quantitative estimate of drug-likeness (QED) is 0.640. The van der Waals surface area contributed by atoms with Crippen LogP contribution in [-0.4, -0.2) is 5.78 Å². The van der Waals surface area contributed by atoms with Crippen LogP contribution in [0.2, 0.25) is 0 Å². The summed E-state index contributed by atoms with van der Waals surface area (Å²) in [6.45, 7) is 7.12. The standard InChI is InChI=1S/C14H24O/c1-10-4-5-12(8-11(10)2)14(3)7-6-13(15)9-14/h10-12H,4-9H2,1-3H3. The fraction of sp³-hybridized carbons (Fsp3) is 0.929. The molecule has 4 unspecified atom stereocenters. The molecule has 0 radical (unpaired) electrons. The molecule has 2 rings (SSSR count). The molecule has 2 aliphatic carbocycles. The van der Waals surface area contributed by atoms with Gasteiger partial charge in [-0.1, -0.05) is 27.2 Å². The van der Waals surface area contributed by atoms with Gasteiger partial charge in [-0.15, -0.1) is 0 Å². The Morgan fingerprint density at radius 1 is 1.20 bits per heavy atom. The van der Waals surface area contributed by atoms with Gasteiger partial charge in [0.15, 0.2) is 0 Å². The minimum atomic E-state index is 0.353. The van der Waals surface area contributed by atoms with Crippen molar-refractivity contribution in [3.05, 3.63) is 0 Å². The van der Waals surface area contributed by atoms with Crippen molar-refractivity contribution in [3.63, 3.8) is 0 Å². The van der Waals surface area contributed by atoms with Crippen molar-refractivity contribution in [2.75, 3.05) is 0 Å². The first-order valence-electron chi connectivity index (χ1n) is 6.53. The van der Waals surface area contributed by atoms with Crippen LogP contribution in [0.5, 0.6) is 0 Å². The summed E-state index contributed by atoms with van der Waals surface area (Å²) in [5, 5.41) is 0. The molecule has 0 aromatic rings. The molecule has 2 aliphatic rings. The fourth-order valence-corrected chi connectivity index (χ4v) is 3.58. The van der Waals surface area contributed by atoms with Gasteiger partial charge >= 0.3 is 0 Å². The highest BCUT2D eigenvalue weighted by atomic mass is 16.1. The van der Waals surface area contributed by atoms with Gasteiger partial charge in [-0.05, 0) is 42.4 Å². The normalized spacial score (nSPS) is 47.1. The van der Waals surface area contributed by atoms with Crippen LogP contribution in [0.25, 0.3) is 0 Å². The third kappa shape index (κ3) is 2.11. The Labute approximate surface area is 93.6 Å². The molecule has 0 bridgehead atoms.